The normalized spacial score (nSPS) is 9.55. The van der Waals surface area contributed by atoms with Gasteiger partial charge >= 0.3 is 0 Å². The van der Waals surface area contributed by atoms with Gasteiger partial charge in [0.2, 0.25) is 0 Å². The van der Waals surface area contributed by atoms with E-state index in [1.165, 1.54) is 18.2 Å². The number of hydrogen-bond donors (Lipinski definition) is 1. The molecule has 0 aromatic heterocycles. The lowest BCUT2D eigenvalue weighted by molar-refractivity contribution is 0.922. The molecule has 0 radical (unpaired) electrons. The maximum atomic E-state index is 6.99. The maximum absolute atomic E-state index is 6.99. The lowest BCUT2D eigenvalue weighted by atomic mass is 10.1. The van der Waals surface area contributed by atoms with Crippen molar-refractivity contribution in [2.45, 2.75) is 19.8 Å². The molecule has 58 valence electrons. The summed E-state index contributed by atoms with van der Waals surface area (Å²) in [6, 6.07) is 8.14. The van der Waals surface area contributed by atoms with E-state index in [0.717, 1.165) is 12.0 Å². The zero-order valence-corrected chi connectivity index (χ0v) is 6.80. The molecule has 0 aliphatic carbocycles. The van der Waals surface area contributed by atoms with E-state index >= 15 is 0 Å². The number of rotatable bonds is 3. The van der Waals surface area contributed by atoms with Gasteiger partial charge in [-0.25, -0.2) is 0 Å². The van der Waals surface area contributed by atoms with Crippen LogP contribution in [0, 0.1) is 5.41 Å². The van der Waals surface area contributed by atoms with E-state index in [4.69, 9.17) is 5.41 Å². The fourth-order valence-corrected chi connectivity index (χ4v) is 1.07. The van der Waals surface area contributed by atoms with Crippen LogP contribution in [0.2, 0.25) is 0 Å². The molecule has 0 bridgehead atoms. The van der Waals surface area contributed by atoms with Gasteiger partial charge in [0.1, 0.15) is 0 Å². The van der Waals surface area contributed by atoms with Crippen molar-refractivity contribution in [2.75, 3.05) is 0 Å². The molecular weight excluding hydrogens is 134 g/mol. The van der Waals surface area contributed by atoms with Crippen molar-refractivity contribution in [1.29, 1.82) is 5.41 Å². The first-order valence-corrected chi connectivity index (χ1v) is 3.96. The number of benzene rings is 1. The Labute approximate surface area is 67.6 Å². The molecular formula is C10H13N. The minimum atomic E-state index is 0.977. The topological polar surface area (TPSA) is 23.9 Å². The van der Waals surface area contributed by atoms with Crippen molar-refractivity contribution in [1.82, 2.24) is 0 Å². The van der Waals surface area contributed by atoms with Gasteiger partial charge in [-0.2, -0.15) is 0 Å². The van der Waals surface area contributed by atoms with E-state index in [2.05, 4.69) is 19.1 Å². The monoisotopic (exact) mass is 147 g/mol. The van der Waals surface area contributed by atoms with E-state index < -0.39 is 0 Å². The highest BCUT2D eigenvalue weighted by Crippen LogP contribution is 2.04. The lowest BCUT2D eigenvalue weighted by Crippen LogP contribution is -1.84. The highest BCUT2D eigenvalue weighted by molar-refractivity contribution is 5.76. The van der Waals surface area contributed by atoms with E-state index in [9.17, 15) is 0 Å². The molecule has 0 unspecified atom stereocenters. The summed E-state index contributed by atoms with van der Waals surface area (Å²) in [7, 11) is 0. The van der Waals surface area contributed by atoms with Crippen LogP contribution in [0.3, 0.4) is 0 Å². The molecule has 0 heterocycles. The predicted molar refractivity (Wildman–Crippen MR) is 48.3 cm³/mol. The SMILES string of the molecule is CCCc1ccc(C=N)cc1. The molecule has 1 N–H and O–H groups in total. The molecule has 1 rings (SSSR count). The Balaban J connectivity index is 2.74. The van der Waals surface area contributed by atoms with Gasteiger partial charge in [-0.1, -0.05) is 37.6 Å². The summed E-state index contributed by atoms with van der Waals surface area (Å²) < 4.78 is 0. The molecule has 11 heavy (non-hydrogen) atoms. The molecule has 0 aliphatic rings. The van der Waals surface area contributed by atoms with Crippen LogP contribution < -0.4 is 0 Å². The summed E-state index contributed by atoms with van der Waals surface area (Å²) in [5.74, 6) is 0. The van der Waals surface area contributed by atoms with Crippen LogP contribution in [0.5, 0.6) is 0 Å². The van der Waals surface area contributed by atoms with Gasteiger partial charge in [0.25, 0.3) is 0 Å². The molecule has 0 saturated heterocycles. The quantitative estimate of drug-likeness (QED) is 0.635. The van der Waals surface area contributed by atoms with E-state index in [-0.39, 0.29) is 0 Å². The Morgan fingerprint density at radius 3 is 2.36 bits per heavy atom. The van der Waals surface area contributed by atoms with Crippen LogP contribution in [-0.4, -0.2) is 6.21 Å². The third-order valence-corrected chi connectivity index (χ3v) is 1.69. The molecule has 1 nitrogen and oxygen atoms in total. The zero-order chi connectivity index (χ0) is 8.10. The second-order valence-corrected chi connectivity index (χ2v) is 2.64. The Kier molecular flexibility index (Phi) is 2.84. The van der Waals surface area contributed by atoms with E-state index in [1.54, 1.807) is 0 Å². The third kappa shape index (κ3) is 2.19. The van der Waals surface area contributed by atoms with Gasteiger partial charge in [0.15, 0.2) is 0 Å². The van der Waals surface area contributed by atoms with Crippen molar-refractivity contribution in [3.05, 3.63) is 35.4 Å². The summed E-state index contributed by atoms with van der Waals surface area (Å²) in [6.07, 6.45) is 3.69. The Morgan fingerprint density at radius 2 is 1.91 bits per heavy atom. The third-order valence-electron chi connectivity index (χ3n) is 1.69. The van der Waals surface area contributed by atoms with Gasteiger partial charge in [-0.3, -0.25) is 0 Å². The highest BCUT2D eigenvalue weighted by Gasteiger charge is 1.89. The van der Waals surface area contributed by atoms with Crippen LogP contribution in [0.4, 0.5) is 0 Å². The summed E-state index contributed by atoms with van der Waals surface area (Å²) in [6.45, 7) is 2.17. The average molecular weight is 147 g/mol. The fraction of sp³-hybridized carbons (Fsp3) is 0.300. The molecule has 0 atom stereocenters. The second kappa shape index (κ2) is 3.91. The molecule has 0 spiro atoms. The largest absolute Gasteiger partial charge is 0.308 e. The Hall–Kier alpha value is -1.11. The van der Waals surface area contributed by atoms with Crippen molar-refractivity contribution < 1.29 is 0 Å². The summed E-state index contributed by atoms with van der Waals surface area (Å²) in [5.41, 5.74) is 2.34. The molecule has 1 aromatic rings. The molecule has 0 aliphatic heterocycles. The first-order chi connectivity index (χ1) is 5.36. The minimum absolute atomic E-state index is 0.977. The standard InChI is InChI=1S/C10H13N/c1-2-3-9-4-6-10(8-11)7-5-9/h4-8,11H,2-3H2,1H3. The Bertz CT molecular complexity index is 223. The number of nitrogens with one attached hydrogen (secondary N) is 1. The molecule has 0 amide bonds. The number of aryl methyl sites for hydroxylation is 1. The molecule has 0 fully saturated rings. The van der Waals surface area contributed by atoms with Gasteiger partial charge in [-0.15, -0.1) is 0 Å². The van der Waals surface area contributed by atoms with Crippen molar-refractivity contribution >= 4 is 6.21 Å². The first-order valence-electron chi connectivity index (χ1n) is 3.96. The first kappa shape index (κ1) is 7.99. The minimum Gasteiger partial charge on any atom is -0.308 e. The van der Waals surface area contributed by atoms with Crippen LogP contribution in [0.25, 0.3) is 0 Å². The summed E-state index contributed by atoms with van der Waals surface area (Å²) in [4.78, 5) is 0. The van der Waals surface area contributed by atoms with Crippen molar-refractivity contribution in [2.24, 2.45) is 0 Å². The van der Waals surface area contributed by atoms with Gasteiger partial charge < -0.3 is 5.41 Å². The fourth-order valence-electron chi connectivity index (χ4n) is 1.07. The predicted octanol–water partition coefficient (Wildman–Crippen LogP) is 2.64. The van der Waals surface area contributed by atoms with E-state index in [1.807, 2.05) is 12.1 Å². The maximum Gasteiger partial charge on any atom is 0.0250 e. The zero-order valence-electron chi connectivity index (χ0n) is 6.80. The van der Waals surface area contributed by atoms with Gasteiger partial charge in [0, 0.05) is 6.21 Å². The molecule has 1 heteroatoms. The van der Waals surface area contributed by atoms with Crippen molar-refractivity contribution in [3.63, 3.8) is 0 Å². The molecule has 0 saturated carbocycles. The lowest BCUT2D eigenvalue weighted by Gasteiger charge is -1.97. The molecule has 1 aromatic carbocycles. The van der Waals surface area contributed by atoms with E-state index in [0.29, 0.717) is 0 Å². The Morgan fingerprint density at radius 1 is 1.27 bits per heavy atom. The van der Waals surface area contributed by atoms with Crippen LogP contribution in [0.15, 0.2) is 24.3 Å². The average Bonchev–Trinajstić information content (AvgIpc) is 2.07. The van der Waals surface area contributed by atoms with Crippen LogP contribution >= 0.6 is 0 Å². The number of hydrogen-bond acceptors (Lipinski definition) is 1. The van der Waals surface area contributed by atoms with Gasteiger partial charge in [0.05, 0.1) is 0 Å². The highest BCUT2D eigenvalue weighted by atomic mass is 14.3. The smallest absolute Gasteiger partial charge is 0.0250 e. The van der Waals surface area contributed by atoms with Crippen LogP contribution in [-0.2, 0) is 6.42 Å². The summed E-state index contributed by atoms with van der Waals surface area (Å²) in [5, 5.41) is 6.99. The second-order valence-electron chi connectivity index (χ2n) is 2.64. The van der Waals surface area contributed by atoms with Crippen LogP contribution in [0.1, 0.15) is 24.5 Å². The van der Waals surface area contributed by atoms with Gasteiger partial charge in [-0.05, 0) is 17.5 Å². The van der Waals surface area contributed by atoms with Crippen molar-refractivity contribution in [3.8, 4) is 0 Å². The summed E-state index contributed by atoms with van der Waals surface area (Å²) >= 11 is 0.